The molecule has 0 aliphatic heterocycles. The summed E-state index contributed by atoms with van der Waals surface area (Å²) < 4.78 is 5.87. The van der Waals surface area contributed by atoms with E-state index in [0.717, 1.165) is 0 Å². The molecule has 0 aromatic heterocycles. The quantitative estimate of drug-likeness (QED) is 0.719. The molecule has 102 valence electrons. The van der Waals surface area contributed by atoms with Gasteiger partial charge in [0.15, 0.2) is 8.32 Å². The molecule has 0 aliphatic carbocycles. The van der Waals surface area contributed by atoms with Crippen LogP contribution in [-0.2, 0) is 4.43 Å². The number of amides is 1. The van der Waals surface area contributed by atoms with E-state index in [1.807, 2.05) is 0 Å². The number of hydrogen-bond acceptors (Lipinski definition) is 3. The lowest BCUT2D eigenvalue weighted by atomic mass is 10.2. The molecule has 17 heavy (non-hydrogen) atoms. The maximum absolute atomic E-state index is 10.8. The van der Waals surface area contributed by atoms with E-state index in [1.165, 1.54) is 4.90 Å². The van der Waals surface area contributed by atoms with Crippen molar-refractivity contribution in [1.82, 2.24) is 4.90 Å². The molecule has 2 N–H and O–H groups in total. The average Bonchev–Trinajstić information content (AvgIpc) is 2.14. The fourth-order valence-corrected chi connectivity index (χ4v) is 2.09. The van der Waals surface area contributed by atoms with Crippen molar-refractivity contribution in [3.63, 3.8) is 0 Å². The Kier molecular flexibility index (Phi) is 6.15. The highest BCUT2D eigenvalue weighted by molar-refractivity contribution is 6.74. The summed E-state index contributed by atoms with van der Waals surface area (Å²) in [5.74, 6) is 0. The van der Waals surface area contributed by atoms with E-state index in [4.69, 9.17) is 14.6 Å². The van der Waals surface area contributed by atoms with E-state index in [0.29, 0.717) is 13.2 Å². The normalized spacial score (nSPS) is 12.6. The van der Waals surface area contributed by atoms with Crippen LogP contribution in [0.3, 0.4) is 0 Å². The number of carbonyl (C=O) groups is 1. The third-order valence-electron chi connectivity index (χ3n) is 3.27. The van der Waals surface area contributed by atoms with Gasteiger partial charge < -0.3 is 19.5 Å². The molecule has 0 heterocycles. The molecule has 0 unspecified atom stereocenters. The van der Waals surface area contributed by atoms with Crippen LogP contribution in [-0.4, -0.2) is 55.8 Å². The number of aliphatic hydroxyl groups excluding tert-OH is 1. The largest absolute Gasteiger partial charge is 0.465 e. The van der Waals surface area contributed by atoms with Crippen molar-refractivity contribution >= 4 is 14.4 Å². The molecule has 1 amide bonds. The highest BCUT2D eigenvalue weighted by Gasteiger charge is 2.37. The van der Waals surface area contributed by atoms with Crippen LogP contribution in [0.1, 0.15) is 20.8 Å². The summed E-state index contributed by atoms with van der Waals surface area (Å²) in [7, 11) is -1.81. The number of rotatable bonds is 6. The van der Waals surface area contributed by atoms with Crippen molar-refractivity contribution in [3.8, 4) is 0 Å². The maximum Gasteiger partial charge on any atom is 0.407 e. The molecule has 0 saturated carbocycles. The van der Waals surface area contributed by atoms with Crippen LogP contribution in [0.5, 0.6) is 0 Å². The summed E-state index contributed by atoms with van der Waals surface area (Å²) >= 11 is 0. The van der Waals surface area contributed by atoms with Crippen molar-refractivity contribution in [2.24, 2.45) is 0 Å². The predicted molar refractivity (Wildman–Crippen MR) is 69.8 cm³/mol. The molecule has 6 heteroatoms. The van der Waals surface area contributed by atoms with Crippen LogP contribution in [0, 0.1) is 0 Å². The van der Waals surface area contributed by atoms with Gasteiger partial charge in [-0.05, 0) is 18.1 Å². The van der Waals surface area contributed by atoms with Gasteiger partial charge in [0.2, 0.25) is 0 Å². The molecular weight excluding hydrogens is 238 g/mol. The van der Waals surface area contributed by atoms with Gasteiger partial charge in [0, 0.05) is 13.1 Å². The van der Waals surface area contributed by atoms with Gasteiger partial charge in [-0.3, -0.25) is 0 Å². The first-order chi connectivity index (χ1) is 7.62. The summed E-state index contributed by atoms with van der Waals surface area (Å²) in [5.41, 5.74) is 0. The van der Waals surface area contributed by atoms with Crippen molar-refractivity contribution in [2.45, 2.75) is 38.9 Å². The molecule has 0 bridgehead atoms. The molecule has 0 rings (SSSR count). The van der Waals surface area contributed by atoms with E-state index in [1.54, 1.807) is 0 Å². The van der Waals surface area contributed by atoms with Crippen LogP contribution in [0.2, 0.25) is 18.1 Å². The number of hydrogen-bond donors (Lipinski definition) is 2. The Morgan fingerprint density at radius 2 is 1.82 bits per heavy atom. The van der Waals surface area contributed by atoms with Gasteiger partial charge in [-0.15, -0.1) is 0 Å². The van der Waals surface area contributed by atoms with Gasteiger partial charge in [0.1, 0.15) is 0 Å². The fraction of sp³-hybridized carbons (Fsp3) is 0.909. The summed E-state index contributed by atoms with van der Waals surface area (Å²) in [4.78, 5) is 12.0. The molecule has 0 aromatic rings. The van der Waals surface area contributed by atoms with Crippen LogP contribution in [0.4, 0.5) is 4.79 Å². The average molecular weight is 263 g/mol. The van der Waals surface area contributed by atoms with Gasteiger partial charge in [-0.2, -0.15) is 0 Å². The Morgan fingerprint density at radius 3 is 2.18 bits per heavy atom. The minimum Gasteiger partial charge on any atom is -0.465 e. The second-order valence-electron chi connectivity index (χ2n) is 5.60. The lowest BCUT2D eigenvalue weighted by Gasteiger charge is -2.36. The zero-order valence-electron chi connectivity index (χ0n) is 11.5. The van der Waals surface area contributed by atoms with Gasteiger partial charge in [-0.25, -0.2) is 4.79 Å². The Balaban J connectivity index is 4.17. The van der Waals surface area contributed by atoms with E-state index in [2.05, 4.69) is 33.9 Å². The minimum atomic E-state index is -1.81. The predicted octanol–water partition coefficient (Wildman–Crippen LogP) is 1.98. The lowest BCUT2D eigenvalue weighted by Crippen LogP contribution is -2.43. The van der Waals surface area contributed by atoms with Crippen molar-refractivity contribution in [2.75, 3.05) is 26.3 Å². The van der Waals surface area contributed by atoms with Crippen molar-refractivity contribution < 1.29 is 19.4 Å². The molecule has 0 aromatic carbocycles. The molecule has 0 saturated heterocycles. The third-order valence-corrected chi connectivity index (χ3v) is 7.81. The van der Waals surface area contributed by atoms with Crippen LogP contribution in [0.25, 0.3) is 0 Å². The first-order valence-electron chi connectivity index (χ1n) is 5.84. The summed E-state index contributed by atoms with van der Waals surface area (Å²) in [6.45, 7) is 11.4. The van der Waals surface area contributed by atoms with Gasteiger partial charge in [-0.1, -0.05) is 20.8 Å². The molecule has 0 atom stereocenters. The minimum absolute atomic E-state index is 0.123. The first-order valence-corrected chi connectivity index (χ1v) is 8.75. The van der Waals surface area contributed by atoms with Crippen LogP contribution < -0.4 is 0 Å². The smallest absolute Gasteiger partial charge is 0.407 e. The van der Waals surface area contributed by atoms with E-state index >= 15 is 0 Å². The second kappa shape index (κ2) is 6.37. The standard InChI is InChI=1S/C11H25NO4Si/c1-11(2,3)17(4,5)16-9-7-12(6-8-13)10(14)15/h13H,6-9H2,1-5H3,(H,14,15). The topological polar surface area (TPSA) is 70.0 Å². The van der Waals surface area contributed by atoms with Gasteiger partial charge in [0.05, 0.1) is 13.2 Å². The van der Waals surface area contributed by atoms with Gasteiger partial charge >= 0.3 is 6.09 Å². The second-order valence-corrected chi connectivity index (χ2v) is 10.4. The summed E-state index contributed by atoms with van der Waals surface area (Å²) in [6.07, 6.45) is -1.02. The first kappa shape index (κ1) is 16.4. The Hall–Kier alpha value is -0.593. The Labute approximate surface area is 105 Å². The lowest BCUT2D eigenvalue weighted by molar-refractivity contribution is 0.120. The van der Waals surface area contributed by atoms with Gasteiger partial charge in [0.25, 0.3) is 0 Å². The van der Waals surface area contributed by atoms with Crippen LogP contribution >= 0.6 is 0 Å². The number of nitrogens with zero attached hydrogens (tertiary/aromatic N) is 1. The molecule has 0 spiro atoms. The summed E-state index contributed by atoms with van der Waals surface area (Å²) in [6, 6.07) is 0. The SMILES string of the molecule is CC(C)(C)[Si](C)(C)OCCN(CCO)C(=O)O. The van der Waals surface area contributed by atoms with Crippen LogP contribution in [0.15, 0.2) is 0 Å². The van der Waals surface area contributed by atoms with E-state index in [-0.39, 0.29) is 18.2 Å². The molecule has 0 aliphatic rings. The molecule has 0 fully saturated rings. The fourth-order valence-electron chi connectivity index (χ4n) is 1.05. The number of aliphatic hydroxyl groups is 1. The zero-order valence-corrected chi connectivity index (χ0v) is 12.5. The highest BCUT2D eigenvalue weighted by atomic mass is 28.4. The number of carboxylic acid groups (broad SMARTS) is 1. The maximum atomic E-state index is 10.8. The molecule has 5 nitrogen and oxygen atoms in total. The van der Waals surface area contributed by atoms with E-state index < -0.39 is 14.4 Å². The Morgan fingerprint density at radius 1 is 1.29 bits per heavy atom. The van der Waals surface area contributed by atoms with Crippen molar-refractivity contribution in [3.05, 3.63) is 0 Å². The summed E-state index contributed by atoms with van der Waals surface area (Å²) in [5, 5.41) is 17.7. The molecule has 0 radical (unpaired) electrons. The van der Waals surface area contributed by atoms with Crippen molar-refractivity contribution in [1.29, 1.82) is 0 Å². The monoisotopic (exact) mass is 263 g/mol. The highest BCUT2D eigenvalue weighted by Crippen LogP contribution is 2.36. The zero-order chi connectivity index (χ0) is 13.7. The molecular formula is C11H25NO4Si. The van der Waals surface area contributed by atoms with E-state index in [9.17, 15) is 4.79 Å². The Bertz CT molecular complexity index is 250. The third kappa shape index (κ3) is 5.52.